The highest BCUT2D eigenvalue weighted by Crippen LogP contribution is 2.29. The molecule has 0 radical (unpaired) electrons. The zero-order chi connectivity index (χ0) is 21.5. The highest BCUT2D eigenvalue weighted by atomic mass is 32.2. The Morgan fingerprint density at radius 1 is 1.07 bits per heavy atom. The molecule has 158 valence electrons. The Kier molecular flexibility index (Phi) is 7.12. The summed E-state index contributed by atoms with van der Waals surface area (Å²) in [6.45, 7) is 1.92. The van der Waals surface area contributed by atoms with Gasteiger partial charge in [0.15, 0.2) is 0 Å². The molecular formula is C20H23N5O4S. The third kappa shape index (κ3) is 5.41. The van der Waals surface area contributed by atoms with Crippen LogP contribution in [-0.4, -0.2) is 53.7 Å². The topological polar surface area (TPSA) is 122 Å². The zero-order valence-corrected chi connectivity index (χ0v) is 17.1. The van der Waals surface area contributed by atoms with E-state index in [1.807, 2.05) is 29.2 Å². The van der Waals surface area contributed by atoms with Crippen molar-refractivity contribution in [3.63, 3.8) is 0 Å². The summed E-state index contributed by atoms with van der Waals surface area (Å²) in [5.74, 6) is 0.178. The molecule has 1 heterocycles. The molecule has 30 heavy (non-hydrogen) atoms. The summed E-state index contributed by atoms with van der Waals surface area (Å²) in [6.07, 6.45) is 0.264. The van der Waals surface area contributed by atoms with Gasteiger partial charge in [-0.15, -0.1) is 11.8 Å². The van der Waals surface area contributed by atoms with Crippen LogP contribution in [0.25, 0.3) is 0 Å². The first kappa shape index (κ1) is 21.4. The molecule has 0 unspecified atom stereocenters. The van der Waals surface area contributed by atoms with E-state index in [-0.39, 0.29) is 29.0 Å². The normalized spacial score (nSPS) is 13.7. The van der Waals surface area contributed by atoms with E-state index in [1.165, 1.54) is 17.8 Å². The average Bonchev–Trinajstić information content (AvgIpc) is 2.75. The van der Waals surface area contributed by atoms with E-state index >= 15 is 0 Å². The molecule has 2 aromatic carbocycles. The minimum atomic E-state index is -0.388. The number of piperazine rings is 1. The van der Waals surface area contributed by atoms with Crippen molar-refractivity contribution in [3.8, 4) is 0 Å². The minimum absolute atomic E-state index is 0.0670. The van der Waals surface area contributed by atoms with Crippen molar-refractivity contribution in [1.82, 2.24) is 4.90 Å². The molecule has 0 spiro atoms. The van der Waals surface area contributed by atoms with Gasteiger partial charge in [0, 0.05) is 49.3 Å². The third-order valence-corrected chi connectivity index (χ3v) is 5.80. The minimum Gasteiger partial charge on any atom is -0.370 e. The second kappa shape index (κ2) is 9.97. The second-order valence-corrected chi connectivity index (χ2v) is 7.85. The predicted molar refractivity (Wildman–Crippen MR) is 117 cm³/mol. The van der Waals surface area contributed by atoms with Gasteiger partial charge in [-0.25, -0.2) is 4.79 Å². The number of carbonyl (C=O) groups is 2. The number of thioether (sulfide) groups is 1. The summed E-state index contributed by atoms with van der Waals surface area (Å²) in [5, 5.41) is 14.2. The molecule has 0 saturated carbocycles. The van der Waals surface area contributed by atoms with Crippen LogP contribution in [0, 0.1) is 10.1 Å². The Morgan fingerprint density at radius 2 is 1.73 bits per heavy atom. The number of nitro groups is 1. The fourth-order valence-electron chi connectivity index (χ4n) is 3.19. The van der Waals surface area contributed by atoms with Crippen LogP contribution in [0.2, 0.25) is 0 Å². The maximum Gasteiger partial charge on any atom is 0.321 e. The van der Waals surface area contributed by atoms with E-state index < -0.39 is 0 Å². The summed E-state index contributed by atoms with van der Waals surface area (Å²) in [5.41, 5.74) is 6.50. The summed E-state index contributed by atoms with van der Waals surface area (Å²) in [4.78, 5) is 39.0. The Balaban J connectivity index is 1.59. The smallest absolute Gasteiger partial charge is 0.321 e. The molecule has 1 fully saturated rings. The standard InChI is InChI=1S/C20H23N5O4S/c21-19(26)9-14-30-18-8-4-1-5-15(18)22-20(27)24-12-10-23(11-13-24)16-6-2-3-7-17(16)25(28)29/h1-8H,9-14H2,(H2,21,26)(H,22,27). The first-order valence-electron chi connectivity index (χ1n) is 9.50. The van der Waals surface area contributed by atoms with Crippen LogP contribution >= 0.6 is 11.8 Å². The molecule has 1 aliphatic rings. The number of benzene rings is 2. The van der Waals surface area contributed by atoms with Crippen molar-refractivity contribution in [2.75, 3.05) is 42.1 Å². The van der Waals surface area contributed by atoms with E-state index in [2.05, 4.69) is 5.32 Å². The number of nitrogens with one attached hydrogen (secondary N) is 1. The molecule has 0 aromatic heterocycles. The lowest BCUT2D eigenvalue weighted by Gasteiger charge is -2.35. The fraction of sp³-hybridized carbons (Fsp3) is 0.300. The number of anilines is 2. The van der Waals surface area contributed by atoms with Crippen LogP contribution in [-0.2, 0) is 4.79 Å². The van der Waals surface area contributed by atoms with Crippen molar-refractivity contribution < 1.29 is 14.5 Å². The number of rotatable bonds is 7. The molecule has 0 atom stereocenters. The van der Waals surface area contributed by atoms with E-state index in [4.69, 9.17) is 5.73 Å². The molecular weight excluding hydrogens is 406 g/mol. The first-order chi connectivity index (χ1) is 14.5. The molecule has 0 bridgehead atoms. The highest BCUT2D eigenvalue weighted by molar-refractivity contribution is 7.99. The van der Waals surface area contributed by atoms with Gasteiger partial charge in [0.1, 0.15) is 5.69 Å². The first-order valence-corrected chi connectivity index (χ1v) is 10.5. The number of nitrogens with zero attached hydrogens (tertiary/aromatic N) is 3. The molecule has 1 aliphatic heterocycles. The number of nitro benzene ring substituents is 1. The summed E-state index contributed by atoms with van der Waals surface area (Å²) < 4.78 is 0. The Morgan fingerprint density at radius 3 is 2.43 bits per heavy atom. The van der Waals surface area contributed by atoms with Crippen LogP contribution in [0.4, 0.5) is 21.9 Å². The van der Waals surface area contributed by atoms with Gasteiger partial charge in [0.05, 0.1) is 10.6 Å². The average molecular weight is 430 g/mol. The highest BCUT2D eigenvalue weighted by Gasteiger charge is 2.25. The lowest BCUT2D eigenvalue weighted by atomic mass is 10.2. The van der Waals surface area contributed by atoms with E-state index in [9.17, 15) is 19.7 Å². The van der Waals surface area contributed by atoms with Gasteiger partial charge in [-0.3, -0.25) is 14.9 Å². The number of hydrogen-bond donors (Lipinski definition) is 2. The van der Waals surface area contributed by atoms with Gasteiger partial charge in [0.2, 0.25) is 5.91 Å². The van der Waals surface area contributed by atoms with E-state index in [0.29, 0.717) is 43.3 Å². The molecule has 3 amide bonds. The number of hydrogen-bond acceptors (Lipinski definition) is 6. The van der Waals surface area contributed by atoms with Crippen LogP contribution in [0.1, 0.15) is 6.42 Å². The number of urea groups is 1. The molecule has 9 nitrogen and oxygen atoms in total. The van der Waals surface area contributed by atoms with Crippen LogP contribution in [0.3, 0.4) is 0 Å². The third-order valence-electron chi connectivity index (χ3n) is 4.72. The Labute approximate surface area is 178 Å². The maximum absolute atomic E-state index is 12.7. The molecule has 2 aromatic rings. The van der Waals surface area contributed by atoms with Crippen molar-refractivity contribution in [1.29, 1.82) is 0 Å². The zero-order valence-electron chi connectivity index (χ0n) is 16.3. The SMILES string of the molecule is NC(=O)CCSc1ccccc1NC(=O)N1CCN(c2ccccc2[N+](=O)[O-])CC1. The van der Waals surface area contributed by atoms with Gasteiger partial charge in [-0.05, 0) is 18.2 Å². The largest absolute Gasteiger partial charge is 0.370 e. The van der Waals surface area contributed by atoms with Crippen LogP contribution in [0.5, 0.6) is 0 Å². The molecule has 3 rings (SSSR count). The second-order valence-electron chi connectivity index (χ2n) is 6.71. The number of carbonyl (C=O) groups excluding carboxylic acids is 2. The monoisotopic (exact) mass is 429 g/mol. The number of nitrogens with two attached hydrogens (primary N) is 1. The van der Waals surface area contributed by atoms with Crippen molar-refractivity contribution in [2.24, 2.45) is 5.73 Å². The van der Waals surface area contributed by atoms with Crippen molar-refractivity contribution in [2.45, 2.75) is 11.3 Å². The lowest BCUT2D eigenvalue weighted by Crippen LogP contribution is -2.50. The number of para-hydroxylation sites is 3. The van der Waals surface area contributed by atoms with Crippen LogP contribution in [0.15, 0.2) is 53.4 Å². The van der Waals surface area contributed by atoms with E-state index in [0.717, 1.165) is 4.90 Å². The molecule has 1 saturated heterocycles. The lowest BCUT2D eigenvalue weighted by molar-refractivity contribution is -0.384. The maximum atomic E-state index is 12.7. The van der Waals surface area contributed by atoms with Crippen LogP contribution < -0.4 is 16.0 Å². The summed E-state index contributed by atoms with van der Waals surface area (Å²) in [7, 11) is 0. The molecule has 10 heteroatoms. The van der Waals surface area contributed by atoms with E-state index in [1.54, 1.807) is 23.1 Å². The Hall–Kier alpha value is -3.27. The van der Waals surface area contributed by atoms with Gasteiger partial charge in [0.25, 0.3) is 5.69 Å². The van der Waals surface area contributed by atoms with Gasteiger partial charge in [-0.2, -0.15) is 0 Å². The quantitative estimate of drug-likeness (QED) is 0.396. The van der Waals surface area contributed by atoms with Gasteiger partial charge < -0.3 is 20.9 Å². The summed E-state index contributed by atoms with van der Waals surface area (Å²) in [6, 6.07) is 13.8. The number of amides is 3. The summed E-state index contributed by atoms with van der Waals surface area (Å²) >= 11 is 1.46. The molecule has 0 aliphatic carbocycles. The Bertz CT molecular complexity index is 931. The molecule has 3 N–H and O–H groups in total. The van der Waals surface area contributed by atoms with Crippen molar-refractivity contribution in [3.05, 3.63) is 58.6 Å². The van der Waals surface area contributed by atoms with Crippen molar-refractivity contribution >= 4 is 40.8 Å². The fourth-order valence-corrected chi connectivity index (χ4v) is 4.16. The van der Waals surface area contributed by atoms with Gasteiger partial charge >= 0.3 is 6.03 Å². The number of primary amides is 1. The van der Waals surface area contributed by atoms with Gasteiger partial charge in [-0.1, -0.05) is 24.3 Å². The predicted octanol–water partition coefficient (Wildman–Crippen LogP) is 2.92.